The molecule has 0 amide bonds. The van der Waals surface area contributed by atoms with E-state index in [0.29, 0.717) is 5.01 Å². The molecule has 0 saturated heterocycles. The summed E-state index contributed by atoms with van der Waals surface area (Å²) in [5.41, 5.74) is 1.75. The van der Waals surface area contributed by atoms with Crippen molar-refractivity contribution < 1.29 is 9.53 Å². The molecule has 0 N–H and O–H groups in total. The van der Waals surface area contributed by atoms with Crippen molar-refractivity contribution in [1.82, 2.24) is 4.98 Å². The van der Waals surface area contributed by atoms with Crippen LogP contribution in [0, 0.1) is 6.92 Å². The van der Waals surface area contributed by atoms with Gasteiger partial charge in [-0.2, -0.15) is 0 Å². The highest BCUT2D eigenvalue weighted by Crippen LogP contribution is 2.33. The largest absolute Gasteiger partial charge is 0.496 e. The highest BCUT2D eigenvalue weighted by Gasteiger charge is 2.12. The van der Waals surface area contributed by atoms with E-state index in [-0.39, 0.29) is 0 Å². The molecule has 0 radical (unpaired) electrons. The first kappa shape index (κ1) is 10.8. The highest BCUT2D eigenvalue weighted by atomic mass is 32.1. The Labute approximate surface area is 97.7 Å². The van der Waals surface area contributed by atoms with Crippen LogP contribution in [0.1, 0.15) is 14.7 Å². The topological polar surface area (TPSA) is 39.2 Å². The molecule has 0 fully saturated rings. The van der Waals surface area contributed by atoms with Gasteiger partial charge in [0.2, 0.25) is 0 Å². The van der Waals surface area contributed by atoms with Gasteiger partial charge in [0.1, 0.15) is 5.75 Å². The van der Waals surface area contributed by atoms with Gasteiger partial charge in [-0.25, -0.2) is 4.98 Å². The van der Waals surface area contributed by atoms with E-state index in [1.807, 2.05) is 31.2 Å². The number of nitrogens with zero attached hydrogens (tertiary/aromatic N) is 1. The molecular formula is C12H11NO2S. The van der Waals surface area contributed by atoms with Crippen molar-refractivity contribution in [3.63, 3.8) is 0 Å². The van der Waals surface area contributed by atoms with E-state index in [9.17, 15) is 4.79 Å². The Morgan fingerprint density at radius 3 is 2.75 bits per heavy atom. The molecule has 3 nitrogen and oxygen atoms in total. The third-order valence-electron chi connectivity index (χ3n) is 2.28. The number of para-hydroxylation sites is 1. The predicted molar refractivity (Wildman–Crippen MR) is 64.2 cm³/mol. The molecule has 82 valence electrons. The zero-order valence-electron chi connectivity index (χ0n) is 9.06. The number of aldehydes is 1. The summed E-state index contributed by atoms with van der Waals surface area (Å²) in [7, 11) is 1.63. The monoisotopic (exact) mass is 233 g/mol. The van der Waals surface area contributed by atoms with E-state index in [1.165, 1.54) is 11.3 Å². The fourth-order valence-electron chi connectivity index (χ4n) is 1.56. The van der Waals surface area contributed by atoms with Crippen LogP contribution in [-0.4, -0.2) is 18.4 Å². The van der Waals surface area contributed by atoms with Crippen LogP contribution in [0.25, 0.3) is 11.3 Å². The Balaban J connectivity index is 2.57. The number of ether oxygens (including phenoxy) is 1. The maximum absolute atomic E-state index is 10.7. The molecule has 0 unspecified atom stereocenters. The third-order valence-corrected chi connectivity index (χ3v) is 3.17. The molecule has 0 aliphatic heterocycles. The molecule has 0 spiro atoms. The van der Waals surface area contributed by atoms with Gasteiger partial charge in [0, 0.05) is 10.4 Å². The number of thiazole rings is 1. The number of aryl methyl sites for hydroxylation is 1. The average Bonchev–Trinajstić information content (AvgIpc) is 2.70. The van der Waals surface area contributed by atoms with Crippen molar-refractivity contribution >= 4 is 17.6 Å². The molecule has 4 heteroatoms. The predicted octanol–water partition coefficient (Wildman–Crippen LogP) is 2.94. The van der Waals surface area contributed by atoms with E-state index >= 15 is 0 Å². The molecule has 2 rings (SSSR count). The maximum Gasteiger partial charge on any atom is 0.178 e. The first-order valence-electron chi connectivity index (χ1n) is 4.82. The van der Waals surface area contributed by atoms with Crippen LogP contribution in [-0.2, 0) is 0 Å². The quantitative estimate of drug-likeness (QED) is 0.765. The Kier molecular flexibility index (Phi) is 3.01. The standard InChI is InChI=1S/C12H11NO2S/c1-8-12(13-11(7-14)16-8)9-5-3-4-6-10(9)15-2/h3-7H,1-2H3. The molecule has 0 bridgehead atoms. The minimum absolute atomic E-state index is 0.499. The Morgan fingerprint density at radius 1 is 1.38 bits per heavy atom. The highest BCUT2D eigenvalue weighted by molar-refractivity contribution is 7.13. The number of carbonyl (C=O) groups is 1. The Morgan fingerprint density at radius 2 is 2.12 bits per heavy atom. The molecule has 0 aliphatic rings. The lowest BCUT2D eigenvalue weighted by Crippen LogP contribution is -1.89. The van der Waals surface area contributed by atoms with Crippen LogP contribution < -0.4 is 4.74 Å². The van der Waals surface area contributed by atoms with Crippen molar-refractivity contribution in [3.05, 3.63) is 34.2 Å². The van der Waals surface area contributed by atoms with Crippen LogP contribution in [0.4, 0.5) is 0 Å². The second kappa shape index (κ2) is 4.45. The summed E-state index contributed by atoms with van der Waals surface area (Å²) in [5, 5.41) is 0.499. The first-order chi connectivity index (χ1) is 7.76. The first-order valence-corrected chi connectivity index (χ1v) is 5.64. The lowest BCUT2D eigenvalue weighted by molar-refractivity contribution is 0.112. The van der Waals surface area contributed by atoms with Crippen LogP contribution in [0.2, 0.25) is 0 Å². The van der Waals surface area contributed by atoms with Crippen molar-refractivity contribution in [2.45, 2.75) is 6.92 Å². The molecule has 16 heavy (non-hydrogen) atoms. The number of hydrogen-bond donors (Lipinski definition) is 0. The van der Waals surface area contributed by atoms with Gasteiger partial charge in [-0.3, -0.25) is 4.79 Å². The van der Waals surface area contributed by atoms with E-state index in [1.54, 1.807) is 7.11 Å². The van der Waals surface area contributed by atoms with Crippen molar-refractivity contribution in [2.24, 2.45) is 0 Å². The molecule has 0 aliphatic carbocycles. The summed E-state index contributed by atoms with van der Waals surface area (Å²) >= 11 is 1.39. The number of methoxy groups -OCH3 is 1. The van der Waals surface area contributed by atoms with Gasteiger partial charge in [0.05, 0.1) is 12.8 Å². The second-order valence-electron chi connectivity index (χ2n) is 3.28. The van der Waals surface area contributed by atoms with Crippen LogP contribution >= 0.6 is 11.3 Å². The summed E-state index contributed by atoms with van der Waals surface area (Å²) in [6, 6.07) is 7.66. The number of carbonyl (C=O) groups excluding carboxylic acids is 1. The van der Waals surface area contributed by atoms with Crippen molar-refractivity contribution in [2.75, 3.05) is 7.11 Å². The summed E-state index contributed by atoms with van der Waals surface area (Å²) in [5.74, 6) is 0.772. The van der Waals surface area contributed by atoms with Gasteiger partial charge in [-0.1, -0.05) is 12.1 Å². The second-order valence-corrected chi connectivity index (χ2v) is 4.51. The summed E-state index contributed by atoms with van der Waals surface area (Å²) in [4.78, 5) is 16.0. The molecule has 1 heterocycles. The Hall–Kier alpha value is -1.68. The van der Waals surface area contributed by atoms with Gasteiger partial charge in [-0.05, 0) is 19.1 Å². The maximum atomic E-state index is 10.7. The number of benzene rings is 1. The zero-order chi connectivity index (χ0) is 11.5. The molecule has 1 aromatic heterocycles. The molecule has 1 aromatic carbocycles. The van der Waals surface area contributed by atoms with Gasteiger partial charge >= 0.3 is 0 Å². The SMILES string of the molecule is COc1ccccc1-c1nc(C=O)sc1C. The van der Waals surface area contributed by atoms with E-state index in [2.05, 4.69) is 4.98 Å². The molecular weight excluding hydrogens is 222 g/mol. The Bertz CT molecular complexity index is 519. The average molecular weight is 233 g/mol. The van der Waals surface area contributed by atoms with E-state index < -0.39 is 0 Å². The minimum atomic E-state index is 0.499. The van der Waals surface area contributed by atoms with Crippen LogP contribution in [0.3, 0.4) is 0 Å². The number of aromatic nitrogens is 1. The van der Waals surface area contributed by atoms with Crippen LogP contribution in [0.5, 0.6) is 5.75 Å². The van der Waals surface area contributed by atoms with Crippen molar-refractivity contribution in [3.8, 4) is 17.0 Å². The zero-order valence-corrected chi connectivity index (χ0v) is 9.88. The van der Waals surface area contributed by atoms with Crippen molar-refractivity contribution in [1.29, 1.82) is 0 Å². The van der Waals surface area contributed by atoms with Gasteiger partial charge in [0.25, 0.3) is 0 Å². The lowest BCUT2D eigenvalue weighted by Gasteiger charge is -2.05. The number of hydrogen-bond acceptors (Lipinski definition) is 4. The van der Waals surface area contributed by atoms with E-state index in [4.69, 9.17) is 4.74 Å². The smallest absolute Gasteiger partial charge is 0.178 e. The third kappa shape index (κ3) is 1.84. The summed E-state index contributed by atoms with van der Waals surface area (Å²) in [6.07, 6.45) is 0.774. The summed E-state index contributed by atoms with van der Waals surface area (Å²) in [6.45, 7) is 1.95. The van der Waals surface area contributed by atoms with Gasteiger partial charge in [-0.15, -0.1) is 11.3 Å². The van der Waals surface area contributed by atoms with Gasteiger partial charge < -0.3 is 4.74 Å². The fourth-order valence-corrected chi connectivity index (χ4v) is 2.31. The molecule has 2 aromatic rings. The fraction of sp³-hybridized carbons (Fsp3) is 0.167. The minimum Gasteiger partial charge on any atom is -0.496 e. The van der Waals surface area contributed by atoms with E-state index in [0.717, 1.165) is 28.2 Å². The normalized spacial score (nSPS) is 10.1. The molecule has 0 saturated carbocycles. The van der Waals surface area contributed by atoms with Crippen LogP contribution in [0.15, 0.2) is 24.3 Å². The summed E-state index contributed by atoms with van der Waals surface area (Å²) < 4.78 is 5.27. The molecule has 0 atom stereocenters. The van der Waals surface area contributed by atoms with Gasteiger partial charge in [0.15, 0.2) is 11.3 Å². The lowest BCUT2D eigenvalue weighted by atomic mass is 10.1. The number of rotatable bonds is 3.